The standard InChI is InChI=1S/C26H27F2N3O2.C2H6/c27-21-10-8-19(9-11-21)25(23-6-3-4-14-29-23)30-26(32)20-12-15-31(16-13-20)17-18-33-24-7-2-1-5-22(24)28;1-2/h1-11,14,20,25H,12-13,15-18H2,(H,30,32);1-2H3. The third kappa shape index (κ3) is 7.59. The van der Waals surface area contributed by atoms with Gasteiger partial charge in [0, 0.05) is 18.7 Å². The Kier molecular flexibility index (Phi) is 10.2. The summed E-state index contributed by atoms with van der Waals surface area (Å²) in [4.78, 5) is 19.7. The van der Waals surface area contributed by atoms with Crippen LogP contribution in [0.25, 0.3) is 0 Å². The molecule has 0 saturated carbocycles. The van der Waals surface area contributed by atoms with Gasteiger partial charge in [-0.3, -0.25) is 14.7 Å². The van der Waals surface area contributed by atoms with Crippen molar-refractivity contribution in [1.82, 2.24) is 15.2 Å². The summed E-state index contributed by atoms with van der Waals surface area (Å²) in [6.45, 7) is 6.60. The van der Waals surface area contributed by atoms with Crippen molar-refractivity contribution in [3.8, 4) is 5.75 Å². The highest BCUT2D eigenvalue weighted by Crippen LogP contribution is 2.24. The van der Waals surface area contributed by atoms with E-state index in [1.165, 1.54) is 18.2 Å². The van der Waals surface area contributed by atoms with E-state index in [4.69, 9.17) is 4.74 Å². The molecule has 1 unspecified atom stereocenters. The number of nitrogens with one attached hydrogen (secondary N) is 1. The zero-order valence-electron chi connectivity index (χ0n) is 20.3. The number of hydrogen-bond donors (Lipinski definition) is 1. The van der Waals surface area contributed by atoms with Crippen molar-refractivity contribution in [2.45, 2.75) is 32.7 Å². The molecular formula is C28H33F2N3O2. The molecule has 1 aromatic heterocycles. The minimum absolute atomic E-state index is 0.0303. The fraction of sp³-hybridized carbons (Fsp3) is 0.357. The number of ether oxygens (including phenoxy) is 1. The molecular weight excluding hydrogens is 448 g/mol. The molecule has 1 atom stereocenters. The molecule has 0 bridgehead atoms. The molecule has 1 amide bonds. The largest absolute Gasteiger partial charge is 0.489 e. The number of para-hydroxylation sites is 1. The molecule has 5 nitrogen and oxygen atoms in total. The number of benzene rings is 2. The molecule has 2 heterocycles. The highest BCUT2D eigenvalue weighted by atomic mass is 19.1. The monoisotopic (exact) mass is 481 g/mol. The van der Waals surface area contributed by atoms with Crippen molar-refractivity contribution in [2.75, 3.05) is 26.2 Å². The summed E-state index contributed by atoms with van der Waals surface area (Å²) in [5.74, 6) is -0.571. The van der Waals surface area contributed by atoms with Crippen molar-refractivity contribution < 1.29 is 18.3 Å². The number of carbonyl (C=O) groups is 1. The van der Waals surface area contributed by atoms with E-state index in [1.54, 1.807) is 36.5 Å². The van der Waals surface area contributed by atoms with Crippen LogP contribution in [0.4, 0.5) is 8.78 Å². The number of rotatable bonds is 8. The van der Waals surface area contributed by atoms with Crippen LogP contribution in [0.15, 0.2) is 72.9 Å². The number of aromatic nitrogens is 1. The molecule has 186 valence electrons. The van der Waals surface area contributed by atoms with Crippen LogP contribution >= 0.6 is 0 Å². The first-order valence-electron chi connectivity index (χ1n) is 12.2. The van der Waals surface area contributed by atoms with E-state index in [-0.39, 0.29) is 29.2 Å². The topological polar surface area (TPSA) is 54.5 Å². The molecule has 2 aromatic carbocycles. The molecule has 1 saturated heterocycles. The summed E-state index contributed by atoms with van der Waals surface area (Å²) in [5, 5.41) is 3.12. The average molecular weight is 482 g/mol. The van der Waals surface area contributed by atoms with Gasteiger partial charge in [-0.2, -0.15) is 0 Å². The number of carbonyl (C=O) groups excluding carboxylic acids is 1. The van der Waals surface area contributed by atoms with E-state index in [2.05, 4.69) is 15.2 Å². The number of pyridine rings is 1. The van der Waals surface area contributed by atoms with Gasteiger partial charge < -0.3 is 10.1 Å². The molecule has 35 heavy (non-hydrogen) atoms. The minimum Gasteiger partial charge on any atom is -0.489 e. The Hall–Kier alpha value is -3.32. The molecule has 0 radical (unpaired) electrons. The van der Waals surface area contributed by atoms with Crippen LogP contribution in [0.5, 0.6) is 5.75 Å². The Morgan fingerprint density at radius 2 is 1.71 bits per heavy atom. The van der Waals surface area contributed by atoms with Crippen LogP contribution in [0.2, 0.25) is 0 Å². The normalized spacial score (nSPS) is 15.0. The van der Waals surface area contributed by atoms with Gasteiger partial charge in [0.2, 0.25) is 5.91 Å². The van der Waals surface area contributed by atoms with E-state index in [1.807, 2.05) is 32.0 Å². The third-order valence-electron chi connectivity index (χ3n) is 5.93. The van der Waals surface area contributed by atoms with Gasteiger partial charge in [0.1, 0.15) is 12.4 Å². The molecule has 3 aromatic rings. The van der Waals surface area contributed by atoms with E-state index < -0.39 is 6.04 Å². The highest BCUT2D eigenvalue weighted by Gasteiger charge is 2.28. The lowest BCUT2D eigenvalue weighted by atomic mass is 9.94. The zero-order valence-corrected chi connectivity index (χ0v) is 20.3. The van der Waals surface area contributed by atoms with Crippen molar-refractivity contribution >= 4 is 5.91 Å². The minimum atomic E-state index is -0.438. The van der Waals surface area contributed by atoms with Gasteiger partial charge in [0.05, 0.1) is 11.7 Å². The summed E-state index contributed by atoms with van der Waals surface area (Å²) in [6, 6.07) is 17.6. The van der Waals surface area contributed by atoms with E-state index >= 15 is 0 Å². The summed E-state index contributed by atoms with van der Waals surface area (Å²) in [7, 11) is 0. The van der Waals surface area contributed by atoms with E-state index in [0.29, 0.717) is 18.8 Å². The van der Waals surface area contributed by atoms with Gasteiger partial charge in [-0.25, -0.2) is 8.78 Å². The predicted octanol–water partition coefficient (Wildman–Crippen LogP) is 5.38. The lowest BCUT2D eigenvalue weighted by Gasteiger charge is -2.32. The lowest BCUT2D eigenvalue weighted by Crippen LogP contribution is -2.43. The quantitative estimate of drug-likeness (QED) is 0.469. The van der Waals surface area contributed by atoms with Gasteiger partial charge in [-0.1, -0.05) is 44.2 Å². The van der Waals surface area contributed by atoms with Gasteiger partial charge in [0.15, 0.2) is 11.6 Å². The van der Waals surface area contributed by atoms with Gasteiger partial charge in [0.25, 0.3) is 0 Å². The molecule has 1 aliphatic heterocycles. The average Bonchev–Trinajstić information content (AvgIpc) is 2.91. The first kappa shape index (κ1) is 26.3. The number of hydrogen-bond acceptors (Lipinski definition) is 4. The number of likely N-dealkylation sites (tertiary alicyclic amines) is 1. The maximum Gasteiger partial charge on any atom is 0.224 e. The first-order chi connectivity index (χ1) is 17.1. The fourth-order valence-electron chi connectivity index (χ4n) is 4.06. The van der Waals surface area contributed by atoms with Crippen LogP contribution in [0, 0.1) is 17.6 Å². The SMILES string of the molecule is CC.O=C(NC(c1ccc(F)cc1)c1ccccn1)C1CCN(CCOc2ccccc2F)CC1. The number of piperidine rings is 1. The lowest BCUT2D eigenvalue weighted by molar-refractivity contribution is -0.127. The van der Waals surface area contributed by atoms with Gasteiger partial charge in [-0.15, -0.1) is 0 Å². The second-order valence-corrected chi connectivity index (χ2v) is 8.14. The van der Waals surface area contributed by atoms with E-state index in [0.717, 1.165) is 31.5 Å². The maximum absolute atomic E-state index is 13.7. The molecule has 0 spiro atoms. The van der Waals surface area contributed by atoms with Crippen LogP contribution in [0.1, 0.15) is 44.0 Å². The molecule has 7 heteroatoms. The summed E-state index contributed by atoms with van der Waals surface area (Å²) in [6.07, 6.45) is 3.13. The second-order valence-electron chi connectivity index (χ2n) is 8.14. The Morgan fingerprint density at radius 1 is 1.03 bits per heavy atom. The highest BCUT2D eigenvalue weighted by molar-refractivity contribution is 5.79. The molecule has 1 aliphatic rings. The van der Waals surface area contributed by atoms with Gasteiger partial charge in [-0.05, 0) is 67.9 Å². The van der Waals surface area contributed by atoms with Crippen LogP contribution in [-0.2, 0) is 4.79 Å². The fourth-order valence-corrected chi connectivity index (χ4v) is 4.06. The van der Waals surface area contributed by atoms with Crippen molar-refractivity contribution in [1.29, 1.82) is 0 Å². The Bertz CT molecular complexity index is 1040. The molecule has 0 aliphatic carbocycles. The molecule has 1 N–H and O–H groups in total. The maximum atomic E-state index is 13.7. The summed E-state index contributed by atoms with van der Waals surface area (Å²) in [5.41, 5.74) is 1.49. The summed E-state index contributed by atoms with van der Waals surface area (Å²) < 4.78 is 32.6. The molecule has 1 fully saturated rings. The van der Waals surface area contributed by atoms with Crippen molar-refractivity contribution in [2.24, 2.45) is 5.92 Å². The van der Waals surface area contributed by atoms with Gasteiger partial charge >= 0.3 is 0 Å². The Balaban J connectivity index is 0.00000167. The van der Waals surface area contributed by atoms with Crippen molar-refractivity contribution in [3.05, 3.63) is 95.8 Å². The first-order valence-corrected chi connectivity index (χ1v) is 12.2. The number of halogens is 2. The van der Waals surface area contributed by atoms with Crippen LogP contribution in [-0.4, -0.2) is 42.0 Å². The Labute approximate surface area is 206 Å². The smallest absolute Gasteiger partial charge is 0.224 e. The molecule has 4 rings (SSSR count). The number of nitrogens with zero attached hydrogens (tertiary/aromatic N) is 2. The number of amides is 1. The van der Waals surface area contributed by atoms with Crippen LogP contribution < -0.4 is 10.1 Å². The van der Waals surface area contributed by atoms with Crippen molar-refractivity contribution in [3.63, 3.8) is 0 Å². The van der Waals surface area contributed by atoms with E-state index in [9.17, 15) is 13.6 Å². The second kappa shape index (κ2) is 13.5. The zero-order chi connectivity index (χ0) is 25.0. The summed E-state index contributed by atoms with van der Waals surface area (Å²) >= 11 is 0. The van der Waals surface area contributed by atoms with Crippen LogP contribution in [0.3, 0.4) is 0 Å². The predicted molar refractivity (Wildman–Crippen MR) is 133 cm³/mol. The Morgan fingerprint density at radius 3 is 2.37 bits per heavy atom. The third-order valence-corrected chi connectivity index (χ3v) is 5.93.